The van der Waals surface area contributed by atoms with Gasteiger partial charge in [0.25, 0.3) is 0 Å². The van der Waals surface area contributed by atoms with Crippen molar-refractivity contribution in [1.29, 1.82) is 0 Å². The lowest BCUT2D eigenvalue weighted by Gasteiger charge is -2.20. The Balaban J connectivity index is 3.52. The van der Waals surface area contributed by atoms with Crippen LogP contribution < -0.4 is 0 Å². The van der Waals surface area contributed by atoms with Gasteiger partial charge < -0.3 is 0 Å². The smallest absolute Gasteiger partial charge is 0.103 e. The molecule has 0 aromatic heterocycles. The molecule has 0 saturated heterocycles. The quantitative estimate of drug-likeness (QED) is 0.292. The van der Waals surface area contributed by atoms with E-state index in [9.17, 15) is 0 Å². The van der Waals surface area contributed by atoms with Gasteiger partial charge in [-0.1, -0.05) is 86.3 Å². The van der Waals surface area contributed by atoms with Gasteiger partial charge in [0.05, 0.1) is 0 Å². The number of unbranched alkanes of at least 4 members (excludes halogenated alkanes) is 5. The summed E-state index contributed by atoms with van der Waals surface area (Å²) in [5.41, 5.74) is 0. The van der Waals surface area contributed by atoms with Gasteiger partial charge in [0.15, 0.2) is 3.79 Å². The third-order valence-corrected chi connectivity index (χ3v) is 3.41. The number of allylic oxidation sites excluding steroid dienone is 1. The Kier molecular flexibility index (Phi) is 9.08. The van der Waals surface area contributed by atoms with Gasteiger partial charge in [0, 0.05) is 5.92 Å². The van der Waals surface area contributed by atoms with Gasteiger partial charge in [-0.05, 0) is 6.42 Å². The molecule has 0 rings (SSSR count). The molecule has 0 aromatic carbocycles. The van der Waals surface area contributed by atoms with Crippen LogP contribution in [0.25, 0.3) is 0 Å². The second-order valence-corrected chi connectivity index (χ2v) is 6.31. The predicted molar refractivity (Wildman–Crippen MR) is 72.0 cm³/mol. The summed E-state index contributed by atoms with van der Waals surface area (Å²) >= 11 is 17.5. The molecule has 0 N–H and O–H groups in total. The molecule has 0 radical (unpaired) electrons. The Labute approximate surface area is 109 Å². The summed E-state index contributed by atoms with van der Waals surface area (Å²) in [5.74, 6) is -0.0197. The highest BCUT2D eigenvalue weighted by Gasteiger charge is 2.29. The van der Waals surface area contributed by atoms with Crippen molar-refractivity contribution in [3.05, 3.63) is 12.7 Å². The van der Waals surface area contributed by atoms with E-state index >= 15 is 0 Å². The third kappa shape index (κ3) is 8.42. The molecule has 0 spiro atoms. The highest BCUT2D eigenvalue weighted by atomic mass is 35.6. The Morgan fingerprint density at radius 1 is 1.07 bits per heavy atom. The van der Waals surface area contributed by atoms with E-state index in [1.807, 2.05) is 0 Å². The largest absolute Gasteiger partial charge is 0.196 e. The van der Waals surface area contributed by atoms with Crippen LogP contribution in [0.5, 0.6) is 0 Å². The van der Waals surface area contributed by atoms with E-state index in [-0.39, 0.29) is 5.92 Å². The Bertz CT molecular complexity index is 161. The molecule has 0 heterocycles. The molecule has 0 amide bonds. The Morgan fingerprint density at radius 3 is 2.07 bits per heavy atom. The van der Waals surface area contributed by atoms with Crippen LogP contribution in [0.1, 0.15) is 51.9 Å². The first-order valence-corrected chi connectivity index (χ1v) is 6.85. The standard InChI is InChI=1S/C12H21Cl3/c1-3-5-6-7-8-9-10-11(4-2)12(13,14)15/h4,11H,2-3,5-10H2,1H3. The van der Waals surface area contributed by atoms with Gasteiger partial charge in [-0.3, -0.25) is 0 Å². The topological polar surface area (TPSA) is 0 Å². The summed E-state index contributed by atoms with van der Waals surface area (Å²) in [6.45, 7) is 5.92. The normalized spacial score (nSPS) is 13.9. The molecule has 0 nitrogen and oxygen atoms in total. The first kappa shape index (κ1) is 15.6. The van der Waals surface area contributed by atoms with E-state index < -0.39 is 3.79 Å². The van der Waals surface area contributed by atoms with Crippen molar-refractivity contribution in [1.82, 2.24) is 0 Å². The minimum atomic E-state index is -1.19. The summed E-state index contributed by atoms with van der Waals surface area (Å²) in [6, 6.07) is 0. The Hall–Kier alpha value is 0.610. The molecule has 0 fully saturated rings. The maximum absolute atomic E-state index is 5.82. The summed E-state index contributed by atoms with van der Waals surface area (Å²) in [7, 11) is 0. The van der Waals surface area contributed by atoms with Gasteiger partial charge in [-0.15, -0.1) is 6.58 Å². The van der Waals surface area contributed by atoms with Crippen LogP contribution >= 0.6 is 34.8 Å². The molecule has 0 bridgehead atoms. The van der Waals surface area contributed by atoms with Crippen LogP contribution in [-0.4, -0.2) is 3.79 Å². The summed E-state index contributed by atoms with van der Waals surface area (Å²) in [4.78, 5) is 0. The van der Waals surface area contributed by atoms with Crippen LogP contribution in [0, 0.1) is 5.92 Å². The number of rotatable bonds is 8. The lowest BCUT2D eigenvalue weighted by molar-refractivity contribution is 0.524. The maximum Gasteiger partial charge on any atom is 0.196 e. The van der Waals surface area contributed by atoms with E-state index in [1.165, 1.54) is 32.1 Å². The lowest BCUT2D eigenvalue weighted by atomic mass is 10.0. The minimum absolute atomic E-state index is 0.0197. The first-order chi connectivity index (χ1) is 7.02. The molecular weight excluding hydrogens is 250 g/mol. The zero-order valence-electron chi connectivity index (χ0n) is 9.45. The van der Waals surface area contributed by atoms with Crippen LogP contribution in [0.3, 0.4) is 0 Å². The average molecular weight is 272 g/mol. The Morgan fingerprint density at radius 2 is 1.60 bits per heavy atom. The SMILES string of the molecule is C=CC(CCCCCCCC)C(Cl)(Cl)Cl. The minimum Gasteiger partial charge on any atom is -0.103 e. The molecule has 0 aliphatic heterocycles. The third-order valence-electron chi connectivity index (χ3n) is 2.57. The average Bonchev–Trinajstić information content (AvgIpc) is 2.15. The van der Waals surface area contributed by atoms with Crippen molar-refractivity contribution in [2.24, 2.45) is 5.92 Å². The summed E-state index contributed by atoms with van der Waals surface area (Å²) in [6.07, 6.45) is 10.2. The molecule has 15 heavy (non-hydrogen) atoms. The molecule has 0 aliphatic carbocycles. The number of hydrogen-bond donors (Lipinski definition) is 0. The number of halogens is 3. The molecule has 90 valence electrons. The van der Waals surface area contributed by atoms with E-state index in [4.69, 9.17) is 34.8 Å². The van der Waals surface area contributed by atoms with Crippen molar-refractivity contribution in [3.63, 3.8) is 0 Å². The molecule has 0 aromatic rings. The molecule has 0 aliphatic rings. The van der Waals surface area contributed by atoms with Crippen molar-refractivity contribution in [2.75, 3.05) is 0 Å². The van der Waals surface area contributed by atoms with Crippen LogP contribution in [-0.2, 0) is 0 Å². The summed E-state index contributed by atoms with van der Waals surface area (Å²) < 4.78 is -1.19. The fraction of sp³-hybridized carbons (Fsp3) is 0.833. The van der Waals surface area contributed by atoms with Gasteiger partial charge in [0.1, 0.15) is 0 Å². The number of hydrogen-bond acceptors (Lipinski definition) is 0. The molecular formula is C12H21Cl3. The lowest BCUT2D eigenvalue weighted by Crippen LogP contribution is -2.16. The zero-order valence-corrected chi connectivity index (χ0v) is 11.7. The predicted octanol–water partition coefficient (Wildman–Crippen LogP) is 5.91. The molecule has 0 saturated carbocycles. The fourth-order valence-electron chi connectivity index (χ4n) is 1.56. The van der Waals surface area contributed by atoms with E-state index in [0.717, 1.165) is 12.8 Å². The zero-order chi connectivity index (χ0) is 11.7. The van der Waals surface area contributed by atoms with Gasteiger partial charge in [0.2, 0.25) is 0 Å². The van der Waals surface area contributed by atoms with Crippen molar-refractivity contribution >= 4 is 34.8 Å². The summed E-state index contributed by atoms with van der Waals surface area (Å²) in [5, 5.41) is 0. The van der Waals surface area contributed by atoms with Gasteiger partial charge in [-0.2, -0.15) is 0 Å². The number of alkyl halides is 3. The van der Waals surface area contributed by atoms with E-state index in [2.05, 4.69) is 13.5 Å². The van der Waals surface area contributed by atoms with Crippen molar-refractivity contribution in [3.8, 4) is 0 Å². The highest BCUT2D eigenvalue weighted by molar-refractivity contribution is 6.67. The van der Waals surface area contributed by atoms with Gasteiger partial charge >= 0.3 is 0 Å². The molecule has 1 unspecified atom stereocenters. The van der Waals surface area contributed by atoms with E-state index in [1.54, 1.807) is 6.08 Å². The fourth-order valence-corrected chi connectivity index (χ4v) is 2.15. The maximum atomic E-state index is 5.82. The van der Waals surface area contributed by atoms with Crippen LogP contribution in [0.15, 0.2) is 12.7 Å². The van der Waals surface area contributed by atoms with Crippen LogP contribution in [0.2, 0.25) is 0 Å². The first-order valence-electron chi connectivity index (χ1n) is 5.71. The second kappa shape index (κ2) is 8.73. The second-order valence-electron chi connectivity index (χ2n) is 3.94. The molecule has 1 atom stereocenters. The highest BCUT2D eigenvalue weighted by Crippen LogP contribution is 2.38. The molecule has 3 heteroatoms. The van der Waals surface area contributed by atoms with Crippen molar-refractivity contribution < 1.29 is 0 Å². The van der Waals surface area contributed by atoms with E-state index in [0.29, 0.717) is 0 Å². The van der Waals surface area contributed by atoms with Crippen LogP contribution in [0.4, 0.5) is 0 Å². The van der Waals surface area contributed by atoms with Gasteiger partial charge in [-0.25, -0.2) is 0 Å². The van der Waals surface area contributed by atoms with Crippen molar-refractivity contribution in [2.45, 2.75) is 55.7 Å². The monoisotopic (exact) mass is 270 g/mol.